The molecule has 2 rings (SSSR count). The highest BCUT2D eigenvalue weighted by Gasteiger charge is 2.04. The van der Waals surface area contributed by atoms with Gasteiger partial charge in [-0.05, 0) is 23.6 Å². The Bertz CT molecular complexity index is 887. The van der Waals surface area contributed by atoms with E-state index in [4.69, 9.17) is 4.74 Å². The molecule has 1 amide bonds. The Morgan fingerprint density at radius 3 is 2.92 bits per heavy atom. The van der Waals surface area contributed by atoms with Crippen molar-refractivity contribution >= 4 is 17.9 Å². The Morgan fingerprint density at radius 2 is 2.19 bits per heavy atom. The van der Waals surface area contributed by atoms with E-state index in [-0.39, 0.29) is 12.4 Å². The van der Waals surface area contributed by atoms with E-state index >= 15 is 0 Å². The van der Waals surface area contributed by atoms with Gasteiger partial charge in [-0.2, -0.15) is 5.10 Å². The number of carbonyl (C=O) groups is 1. The fraction of sp³-hybridized carbons (Fsp3) is 0.312. The molecule has 0 aliphatic rings. The second-order valence-electron chi connectivity index (χ2n) is 5.78. The number of anilines is 1. The highest BCUT2D eigenvalue weighted by atomic mass is 16.5. The Labute approximate surface area is 148 Å². The summed E-state index contributed by atoms with van der Waals surface area (Å²) in [6.07, 6.45) is 1.48. The molecule has 0 atom stereocenters. The summed E-state index contributed by atoms with van der Waals surface area (Å²) >= 11 is 0. The van der Waals surface area contributed by atoms with Crippen molar-refractivity contribution in [3.05, 3.63) is 50.7 Å². The number of nitrogens with one attached hydrogen (secondary N) is 4. The zero-order valence-corrected chi connectivity index (χ0v) is 14.4. The topological polar surface area (TPSA) is 141 Å². The van der Waals surface area contributed by atoms with E-state index in [2.05, 4.69) is 39.9 Å². The van der Waals surface area contributed by atoms with Gasteiger partial charge < -0.3 is 10.1 Å². The number of ether oxygens (including phenoxy) is 1. The lowest BCUT2D eigenvalue weighted by Crippen LogP contribution is -2.31. The van der Waals surface area contributed by atoms with Crippen molar-refractivity contribution in [2.75, 3.05) is 18.5 Å². The van der Waals surface area contributed by atoms with Gasteiger partial charge in [0, 0.05) is 0 Å². The van der Waals surface area contributed by atoms with Crippen molar-refractivity contribution in [3.8, 4) is 5.75 Å². The third-order valence-electron chi connectivity index (χ3n) is 2.97. The quantitative estimate of drug-likeness (QED) is 0.387. The van der Waals surface area contributed by atoms with Crippen LogP contribution in [0.4, 0.5) is 5.82 Å². The summed E-state index contributed by atoms with van der Waals surface area (Å²) in [5, 5.41) is 11.9. The van der Waals surface area contributed by atoms with Crippen molar-refractivity contribution in [2.45, 2.75) is 13.8 Å². The van der Waals surface area contributed by atoms with Gasteiger partial charge in [-0.25, -0.2) is 15.3 Å². The minimum Gasteiger partial charge on any atom is -0.493 e. The summed E-state index contributed by atoms with van der Waals surface area (Å²) in [6.45, 7) is 4.49. The molecule has 0 saturated carbocycles. The summed E-state index contributed by atoms with van der Waals surface area (Å²) in [6, 6.07) is 7.30. The Morgan fingerprint density at radius 1 is 1.38 bits per heavy atom. The first-order valence-electron chi connectivity index (χ1n) is 7.91. The number of aromatic nitrogens is 3. The number of carbonyl (C=O) groups excluding carboxylic acids is 1. The molecular weight excluding hydrogens is 340 g/mol. The van der Waals surface area contributed by atoms with Crippen LogP contribution in [-0.2, 0) is 4.79 Å². The molecule has 1 aromatic heterocycles. The molecule has 10 nitrogen and oxygen atoms in total. The second kappa shape index (κ2) is 9.16. The zero-order chi connectivity index (χ0) is 18.9. The number of hydrogen-bond donors (Lipinski definition) is 4. The molecule has 0 spiro atoms. The molecule has 0 radical (unpaired) electrons. The van der Waals surface area contributed by atoms with Crippen molar-refractivity contribution in [1.29, 1.82) is 0 Å². The van der Waals surface area contributed by atoms with Crippen LogP contribution in [0.1, 0.15) is 19.4 Å². The molecule has 0 saturated heterocycles. The first-order valence-corrected chi connectivity index (χ1v) is 7.91. The normalized spacial score (nSPS) is 10.9. The van der Waals surface area contributed by atoms with E-state index in [1.54, 1.807) is 6.07 Å². The minimum absolute atomic E-state index is 0.168. The van der Waals surface area contributed by atoms with E-state index in [1.165, 1.54) is 6.21 Å². The predicted octanol–water partition coefficient (Wildman–Crippen LogP) is 0.0552. The van der Waals surface area contributed by atoms with Crippen LogP contribution in [0.15, 0.2) is 39.0 Å². The van der Waals surface area contributed by atoms with Gasteiger partial charge in [0.25, 0.3) is 11.5 Å². The van der Waals surface area contributed by atoms with E-state index < -0.39 is 17.2 Å². The lowest BCUT2D eigenvalue weighted by molar-refractivity contribution is -0.119. The van der Waals surface area contributed by atoms with Crippen molar-refractivity contribution < 1.29 is 9.53 Å². The lowest BCUT2D eigenvalue weighted by atomic mass is 10.2. The summed E-state index contributed by atoms with van der Waals surface area (Å²) < 4.78 is 5.62. The Hall–Kier alpha value is -3.43. The minimum atomic E-state index is -0.728. The molecule has 0 aliphatic carbocycles. The fourth-order valence-electron chi connectivity index (χ4n) is 1.80. The van der Waals surface area contributed by atoms with E-state index in [0.717, 1.165) is 11.3 Å². The SMILES string of the molecule is CC(C)COc1cccc(/C=N/NC(=O)CNc2n[nH]c(=O)[nH]c2=O)c1. The van der Waals surface area contributed by atoms with E-state index in [0.29, 0.717) is 12.5 Å². The first kappa shape index (κ1) is 18.9. The molecule has 1 heterocycles. The molecule has 4 N–H and O–H groups in total. The van der Waals surface area contributed by atoms with Crippen LogP contribution >= 0.6 is 0 Å². The average Bonchev–Trinajstić information content (AvgIpc) is 2.59. The number of aromatic amines is 2. The van der Waals surface area contributed by atoms with Crippen LogP contribution in [0.5, 0.6) is 5.75 Å². The molecule has 0 unspecified atom stereocenters. The Balaban J connectivity index is 1.83. The number of H-pyrrole nitrogens is 2. The maximum absolute atomic E-state index is 11.7. The monoisotopic (exact) mass is 360 g/mol. The van der Waals surface area contributed by atoms with Gasteiger partial charge in [-0.3, -0.25) is 14.6 Å². The number of nitrogens with zero attached hydrogens (tertiary/aromatic N) is 2. The number of amides is 1. The van der Waals surface area contributed by atoms with Crippen molar-refractivity contribution in [3.63, 3.8) is 0 Å². The van der Waals surface area contributed by atoms with Gasteiger partial charge in [0.05, 0.1) is 19.4 Å². The largest absolute Gasteiger partial charge is 0.493 e. The molecule has 0 fully saturated rings. The molecule has 26 heavy (non-hydrogen) atoms. The van der Waals surface area contributed by atoms with Crippen LogP contribution in [0, 0.1) is 5.92 Å². The fourth-order valence-corrected chi connectivity index (χ4v) is 1.80. The molecule has 0 aliphatic heterocycles. The standard InChI is InChI=1S/C16H20N6O4/c1-10(2)9-26-12-5-3-4-11(6-12)7-18-20-13(23)8-17-14-15(24)19-16(25)22-21-14/h3-7,10H,8-9H2,1-2H3,(H,17,21)(H,20,23)(H2,19,22,24,25)/b18-7+. The molecule has 138 valence electrons. The average molecular weight is 360 g/mol. The van der Waals surface area contributed by atoms with E-state index in [1.807, 2.05) is 23.2 Å². The van der Waals surface area contributed by atoms with Crippen LogP contribution in [0.25, 0.3) is 0 Å². The summed E-state index contributed by atoms with van der Waals surface area (Å²) in [5.41, 5.74) is 1.63. The number of rotatable bonds is 8. The summed E-state index contributed by atoms with van der Waals surface area (Å²) in [5.74, 6) is 0.488. The van der Waals surface area contributed by atoms with Crippen LogP contribution in [-0.4, -0.2) is 40.5 Å². The molecular formula is C16H20N6O4. The number of benzene rings is 1. The van der Waals surface area contributed by atoms with Gasteiger partial charge in [0.15, 0.2) is 0 Å². The predicted molar refractivity (Wildman–Crippen MR) is 96.5 cm³/mol. The van der Waals surface area contributed by atoms with E-state index in [9.17, 15) is 14.4 Å². The van der Waals surface area contributed by atoms with Crippen LogP contribution in [0.3, 0.4) is 0 Å². The van der Waals surface area contributed by atoms with Gasteiger partial charge >= 0.3 is 5.69 Å². The number of hydrogen-bond acceptors (Lipinski definition) is 7. The molecule has 2 aromatic rings. The highest BCUT2D eigenvalue weighted by molar-refractivity contribution is 5.84. The first-order chi connectivity index (χ1) is 12.4. The van der Waals surface area contributed by atoms with Gasteiger partial charge in [0.2, 0.25) is 5.82 Å². The number of hydrazone groups is 1. The van der Waals surface area contributed by atoms with Crippen LogP contribution < -0.4 is 26.7 Å². The van der Waals surface area contributed by atoms with Crippen molar-refractivity contribution in [2.24, 2.45) is 11.0 Å². The Kier molecular flexibility index (Phi) is 6.66. The van der Waals surface area contributed by atoms with Gasteiger partial charge in [-0.15, -0.1) is 5.10 Å². The lowest BCUT2D eigenvalue weighted by Gasteiger charge is -2.08. The smallest absolute Gasteiger partial charge is 0.342 e. The molecule has 10 heteroatoms. The van der Waals surface area contributed by atoms with Crippen LogP contribution in [0.2, 0.25) is 0 Å². The molecule has 1 aromatic carbocycles. The summed E-state index contributed by atoms with van der Waals surface area (Å²) in [4.78, 5) is 35.9. The third kappa shape index (κ3) is 6.23. The maximum atomic E-state index is 11.7. The second-order valence-corrected chi connectivity index (χ2v) is 5.78. The third-order valence-corrected chi connectivity index (χ3v) is 2.97. The van der Waals surface area contributed by atoms with Crippen molar-refractivity contribution in [1.82, 2.24) is 20.6 Å². The molecule has 0 bridgehead atoms. The van der Waals surface area contributed by atoms with Gasteiger partial charge in [0.1, 0.15) is 5.75 Å². The summed E-state index contributed by atoms with van der Waals surface area (Å²) in [7, 11) is 0. The maximum Gasteiger partial charge on any atom is 0.342 e. The highest BCUT2D eigenvalue weighted by Crippen LogP contribution is 2.13. The zero-order valence-electron chi connectivity index (χ0n) is 14.4. The van der Waals surface area contributed by atoms with Gasteiger partial charge in [-0.1, -0.05) is 26.0 Å².